The molecule has 54 valence electrons. The van der Waals surface area contributed by atoms with Gasteiger partial charge in [-0.1, -0.05) is 23.8 Å². The van der Waals surface area contributed by atoms with Crippen LogP contribution in [0.1, 0.15) is 13.3 Å². The average Bonchev–Trinajstić information content (AvgIpc) is 1.88. The lowest BCUT2D eigenvalue weighted by molar-refractivity contribution is 0.854. The van der Waals surface area contributed by atoms with E-state index in [0.717, 1.165) is 11.5 Å². The second-order valence-electron chi connectivity index (χ2n) is 2.48. The third-order valence-corrected chi connectivity index (χ3v) is 1.84. The zero-order chi connectivity index (χ0) is 7.56. The molecule has 0 aromatic rings. The van der Waals surface area contributed by atoms with Gasteiger partial charge in [-0.2, -0.15) is 0 Å². The van der Waals surface area contributed by atoms with Crippen LogP contribution >= 0.6 is 11.6 Å². The van der Waals surface area contributed by atoms with E-state index in [4.69, 9.17) is 17.0 Å². The Labute approximate surface area is 65.9 Å². The molecule has 1 atom stereocenters. The summed E-state index contributed by atoms with van der Waals surface area (Å²) in [7, 11) is 0. The highest BCUT2D eigenvalue weighted by atomic mass is 35.5. The lowest BCUT2D eigenvalue weighted by atomic mass is 9.97. The first-order chi connectivity index (χ1) is 4.70. The molecule has 1 unspecified atom stereocenters. The zero-order valence-electron chi connectivity index (χ0n) is 5.89. The molecule has 0 aromatic carbocycles. The lowest BCUT2D eigenvalue weighted by Crippen LogP contribution is -2.07. The van der Waals surface area contributed by atoms with E-state index in [-0.39, 0.29) is 5.92 Å². The highest BCUT2D eigenvalue weighted by molar-refractivity contribution is 6.31. The summed E-state index contributed by atoms with van der Waals surface area (Å²) in [6, 6.07) is 0. The SMILES string of the molecule is CC(=N)C1C=C(Cl)C=CC1. The van der Waals surface area contributed by atoms with Crippen molar-refractivity contribution in [3.63, 3.8) is 0 Å². The smallest absolute Gasteiger partial charge is 0.0369 e. The largest absolute Gasteiger partial charge is 0.309 e. The Morgan fingerprint density at radius 2 is 2.50 bits per heavy atom. The maximum atomic E-state index is 7.34. The van der Waals surface area contributed by atoms with E-state index in [1.807, 2.05) is 25.2 Å². The normalized spacial score (nSPS) is 24.2. The summed E-state index contributed by atoms with van der Waals surface area (Å²) in [5.41, 5.74) is 0.683. The summed E-state index contributed by atoms with van der Waals surface area (Å²) in [5.74, 6) is 0.234. The van der Waals surface area contributed by atoms with E-state index in [1.165, 1.54) is 0 Å². The van der Waals surface area contributed by atoms with Crippen LogP contribution in [0.4, 0.5) is 0 Å². The molecule has 0 fully saturated rings. The van der Waals surface area contributed by atoms with Crippen molar-refractivity contribution in [1.29, 1.82) is 5.41 Å². The van der Waals surface area contributed by atoms with Gasteiger partial charge in [-0.05, 0) is 19.4 Å². The second-order valence-corrected chi connectivity index (χ2v) is 2.92. The molecular weight excluding hydrogens is 146 g/mol. The quantitative estimate of drug-likeness (QED) is 0.563. The molecule has 1 aliphatic rings. The highest BCUT2D eigenvalue weighted by Crippen LogP contribution is 2.19. The Kier molecular flexibility index (Phi) is 2.28. The highest BCUT2D eigenvalue weighted by Gasteiger charge is 2.09. The Bertz CT molecular complexity index is 203. The zero-order valence-corrected chi connectivity index (χ0v) is 6.65. The van der Waals surface area contributed by atoms with E-state index in [1.54, 1.807) is 0 Å². The third-order valence-electron chi connectivity index (χ3n) is 1.58. The molecule has 0 heterocycles. The molecule has 1 nitrogen and oxygen atoms in total. The van der Waals surface area contributed by atoms with Crippen LogP contribution in [-0.2, 0) is 0 Å². The standard InChI is InChI=1S/C8H10ClN/c1-6(10)7-3-2-4-8(9)5-7/h2,4-5,7,10H,3H2,1H3. The predicted molar refractivity (Wildman–Crippen MR) is 44.6 cm³/mol. The monoisotopic (exact) mass is 155 g/mol. The van der Waals surface area contributed by atoms with Gasteiger partial charge in [0.1, 0.15) is 0 Å². The molecule has 0 spiro atoms. The van der Waals surface area contributed by atoms with Crippen LogP contribution in [0, 0.1) is 11.3 Å². The van der Waals surface area contributed by atoms with E-state index in [9.17, 15) is 0 Å². The molecule has 1 rings (SSSR count). The molecule has 0 bridgehead atoms. The average molecular weight is 156 g/mol. The minimum Gasteiger partial charge on any atom is -0.309 e. The van der Waals surface area contributed by atoms with Gasteiger partial charge in [-0.3, -0.25) is 0 Å². The first-order valence-corrected chi connectivity index (χ1v) is 3.67. The molecule has 0 aliphatic heterocycles. The van der Waals surface area contributed by atoms with Gasteiger partial charge in [0.05, 0.1) is 0 Å². The molecule has 0 saturated heterocycles. The van der Waals surface area contributed by atoms with E-state index < -0.39 is 0 Å². The number of halogens is 1. The second kappa shape index (κ2) is 3.02. The number of nitrogens with one attached hydrogen (secondary N) is 1. The van der Waals surface area contributed by atoms with Crippen molar-refractivity contribution in [3.8, 4) is 0 Å². The maximum absolute atomic E-state index is 7.34. The molecule has 0 saturated carbocycles. The molecule has 0 radical (unpaired) electrons. The molecule has 1 aliphatic carbocycles. The number of hydrogen-bond donors (Lipinski definition) is 1. The summed E-state index contributed by atoms with van der Waals surface area (Å²) in [5, 5.41) is 8.09. The fourth-order valence-electron chi connectivity index (χ4n) is 0.945. The van der Waals surface area contributed by atoms with E-state index in [2.05, 4.69) is 0 Å². The van der Waals surface area contributed by atoms with Crippen molar-refractivity contribution < 1.29 is 0 Å². The summed E-state index contributed by atoms with van der Waals surface area (Å²) in [6.07, 6.45) is 6.72. The Morgan fingerprint density at radius 1 is 1.80 bits per heavy atom. The van der Waals surface area contributed by atoms with Crippen LogP contribution in [0.3, 0.4) is 0 Å². The fourth-order valence-corrected chi connectivity index (χ4v) is 1.19. The summed E-state index contributed by atoms with van der Waals surface area (Å²) in [6.45, 7) is 1.81. The predicted octanol–water partition coefficient (Wildman–Crippen LogP) is 2.72. The number of rotatable bonds is 1. The van der Waals surface area contributed by atoms with Crippen molar-refractivity contribution in [2.45, 2.75) is 13.3 Å². The van der Waals surface area contributed by atoms with Crippen LogP contribution in [0.2, 0.25) is 0 Å². The summed E-state index contributed by atoms with van der Waals surface area (Å²) >= 11 is 5.73. The van der Waals surface area contributed by atoms with Crippen molar-refractivity contribution in [1.82, 2.24) is 0 Å². The van der Waals surface area contributed by atoms with Gasteiger partial charge in [-0.15, -0.1) is 0 Å². The number of hydrogen-bond acceptors (Lipinski definition) is 1. The molecule has 10 heavy (non-hydrogen) atoms. The van der Waals surface area contributed by atoms with Gasteiger partial charge < -0.3 is 5.41 Å². The minimum absolute atomic E-state index is 0.234. The molecule has 1 N–H and O–H groups in total. The van der Waals surface area contributed by atoms with Crippen LogP contribution in [-0.4, -0.2) is 5.71 Å². The van der Waals surface area contributed by atoms with Crippen molar-refractivity contribution in [2.24, 2.45) is 5.92 Å². The fraction of sp³-hybridized carbons (Fsp3) is 0.375. The molecule has 2 heteroatoms. The van der Waals surface area contributed by atoms with Crippen molar-refractivity contribution in [3.05, 3.63) is 23.3 Å². The molecule has 0 aromatic heterocycles. The van der Waals surface area contributed by atoms with Gasteiger partial charge in [0, 0.05) is 16.7 Å². The van der Waals surface area contributed by atoms with Gasteiger partial charge in [0.2, 0.25) is 0 Å². The first-order valence-electron chi connectivity index (χ1n) is 3.29. The van der Waals surface area contributed by atoms with Crippen LogP contribution in [0.15, 0.2) is 23.3 Å². The van der Waals surface area contributed by atoms with E-state index >= 15 is 0 Å². The van der Waals surface area contributed by atoms with Gasteiger partial charge in [0.15, 0.2) is 0 Å². The summed E-state index contributed by atoms with van der Waals surface area (Å²) in [4.78, 5) is 0. The van der Waals surface area contributed by atoms with Crippen LogP contribution in [0.5, 0.6) is 0 Å². The topological polar surface area (TPSA) is 23.9 Å². The van der Waals surface area contributed by atoms with Crippen molar-refractivity contribution in [2.75, 3.05) is 0 Å². The maximum Gasteiger partial charge on any atom is 0.0369 e. The summed E-state index contributed by atoms with van der Waals surface area (Å²) < 4.78 is 0. The first kappa shape index (κ1) is 7.55. The van der Waals surface area contributed by atoms with Gasteiger partial charge in [-0.25, -0.2) is 0 Å². The Hall–Kier alpha value is -0.560. The van der Waals surface area contributed by atoms with E-state index in [0.29, 0.717) is 5.71 Å². The molecular formula is C8H10ClN. The Balaban J connectivity index is 2.69. The number of allylic oxidation sites excluding steroid dienone is 4. The Morgan fingerprint density at radius 3 is 2.90 bits per heavy atom. The van der Waals surface area contributed by atoms with Crippen molar-refractivity contribution >= 4 is 17.3 Å². The third kappa shape index (κ3) is 1.71. The van der Waals surface area contributed by atoms with Crippen LogP contribution in [0.25, 0.3) is 0 Å². The lowest BCUT2D eigenvalue weighted by Gasteiger charge is -2.11. The molecule has 0 amide bonds. The van der Waals surface area contributed by atoms with Crippen LogP contribution < -0.4 is 0 Å². The minimum atomic E-state index is 0.234. The van der Waals surface area contributed by atoms with Gasteiger partial charge >= 0.3 is 0 Å². The van der Waals surface area contributed by atoms with Gasteiger partial charge in [0.25, 0.3) is 0 Å².